The molecule has 10 heteroatoms. The molecule has 2 N–H and O–H groups in total. The van der Waals surface area contributed by atoms with E-state index in [2.05, 4.69) is 4.72 Å². The van der Waals surface area contributed by atoms with Crippen molar-refractivity contribution in [2.75, 3.05) is 26.2 Å². The van der Waals surface area contributed by atoms with Crippen molar-refractivity contribution in [2.24, 2.45) is 5.92 Å². The van der Waals surface area contributed by atoms with Gasteiger partial charge in [-0.05, 0) is 56.0 Å². The van der Waals surface area contributed by atoms with Gasteiger partial charge in [0, 0.05) is 13.1 Å². The number of hydrogen-bond acceptors (Lipinski definition) is 4. The van der Waals surface area contributed by atoms with Crippen molar-refractivity contribution in [2.45, 2.75) is 31.3 Å². The number of sulfonamides is 1. The predicted molar refractivity (Wildman–Crippen MR) is 88.7 cm³/mol. The van der Waals surface area contributed by atoms with Crippen LogP contribution in [-0.4, -0.2) is 56.7 Å². The first kappa shape index (κ1) is 20.7. The molecule has 0 aromatic heterocycles. The summed E-state index contributed by atoms with van der Waals surface area (Å²) >= 11 is 0. The molecule has 0 bridgehead atoms. The number of aryl methyl sites for hydroxylation is 1. The number of alkyl halides is 3. The largest absolute Gasteiger partial charge is 0.478 e. The summed E-state index contributed by atoms with van der Waals surface area (Å²) in [6, 6.07) is 2.49. The Morgan fingerprint density at radius 3 is 2.58 bits per heavy atom. The van der Waals surface area contributed by atoms with Crippen LogP contribution in [0.1, 0.15) is 27.9 Å². The molecule has 0 amide bonds. The van der Waals surface area contributed by atoms with Gasteiger partial charge < -0.3 is 5.11 Å². The summed E-state index contributed by atoms with van der Waals surface area (Å²) < 4.78 is 64.8. The van der Waals surface area contributed by atoms with Crippen LogP contribution in [0.5, 0.6) is 0 Å². The van der Waals surface area contributed by atoms with Gasteiger partial charge in [0.25, 0.3) is 0 Å². The van der Waals surface area contributed by atoms with E-state index in [1.807, 2.05) is 0 Å². The van der Waals surface area contributed by atoms with Crippen molar-refractivity contribution in [3.63, 3.8) is 0 Å². The molecule has 146 valence electrons. The van der Waals surface area contributed by atoms with Crippen LogP contribution < -0.4 is 4.72 Å². The molecule has 1 saturated heterocycles. The van der Waals surface area contributed by atoms with E-state index in [-0.39, 0.29) is 36.0 Å². The van der Waals surface area contributed by atoms with Crippen molar-refractivity contribution in [1.29, 1.82) is 0 Å². The molecule has 1 aliphatic heterocycles. The van der Waals surface area contributed by atoms with Crippen LogP contribution in [0.15, 0.2) is 17.0 Å². The molecule has 2 rings (SSSR count). The highest BCUT2D eigenvalue weighted by Crippen LogP contribution is 2.24. The minimum atomic E-state index is -4.28. The van der Waals surface area contributed by atoms with Crippen molar-refractivity contribution in [1.82, 2.24) is 9.62 Å². The standard InChI is InChI=1S/C16H21F3N2O4S/c1-10-5-13(15(22)23)6-14(11(10)2)26(24,25)20-7-12-3-4-21(8-12)9-16(17,18)19/h5-6,12,20H,3-4,7-9H2,1-2H3,(H,22,23). The maximum absolute atomic E-state index is 12.5. The number of carbonyl (C=O) groups is 1. The number of carboxylic acid groups (broad SMARTS) is 1. The summed E-state index contributed by atoms with van der Waals surface area (Å²) in [7, 11) is -3.96. The minimum absolute atomic E-state index is 0.00643. The second-order valence-corrected chi connectivity index (χ2v) is 8.31. The number of halogens is 3. The van der Waals surface area contributed by atoms with Crippen LogP contribution in [0.3, 0.4) is 0 Å². The van der Waals surface area contributed by atoms with Crippen LogP contribution in [0.4, 0.5) is 13.2 Å². The van der Waals surface area contributed by atoms with E-state index >= 15 is 0 Å². The third-order valence-corrected chi connectivity index (χ3v) is 6.04. The van der Waals surface area contributed by atoms with E-state index in [1.54, 1.807) is 13.8 Å². The highest BCUT2D eigenvalue weighted by molar-refractivity contribution is 7.89. The van der Waals surface area contributed by atoms with Crippen LogP contribution in [0.25, 0.3) is 0 Å². The summed E-state index contributed by atoms with van der Waals surface area (Å²) in [6.07, 6.45) is -3.81. The zero-order chi connectivity index (χ0) is 19.7. The fourth-order valence-corrected chi connectivity index (χ4v) is 4.47. The lowest BCUT2D eigenvalue weighted by Crippen LogP contribution is -2.35. The van der Waals surface area contributed by atoms with Crippen molar-refractivity contribution < 1.29 is 31.5 Å². The maximum atomic E-state index is 12.5. The quantitative estimate of drug-likeness (QED) is 0.772. The first-order valence-electron chi connectivity index (χ1n) is 8.02. The molecule has 26 heavy (non-hydrogen) atoms. The number of benzene rings is 1. The molecule has 0 saturated carbocycles. The summed E-state index contributed by atoms with van der Waals surface area (Å²) in [5.41, 5.74) is 0.834. The smallest absolute Gasteiger partial charge is 0.401 e. The number of likely N-dealkylation sites (tertiary alicyclic amines) is 1. The number of aromatic carboxylic acids is 1. The second-order valence-electron chi connectivity index (χ2n) is 6.58. The van der Waals surface area contributed by atoms with Crippen LogP contribution in [0, 0.1) is 19.8 Å². The first-order chi connectivity index (χ1) is 11.9. The Hall–Kier alpha value is -1.65. The van der Waals surface area contributed by atoms with Gasteiger partial charge >= 0.3 is 12.1 Å². The van der Waals surface area contributed by atoms with Crippen LogP contribution >= 0.6 is 0 Å². The minimum Gasteiger partial charge on any atom is -0.478 e. The summed E-state index contributed by atoms with van der Waals surface area (Å²) in [5.74, 6) is -1.46. The Balaban J connectivity index is 2.07. The van der Waals surface area contributed by atoms with Gasteiger partial charge in [-0.15, -0.1) is 0 Å². The molecule has 1 aromatic rings. The summed E-state index contributed by atoms with van der Waals surface area (Å²) in [5, 5.41) is 9.10. The van der Waals surface area contributed by atoms with Crippen LogP contribution in [0.2, 0.25) is 0 Å². The van der Waals surface area contributed by atoms with E-state index < -0.39 is 28.7 Å². The summed E-state index contributed by atoms with van der Waals surface area (Å²) in [4.78, 5) is 12.3. The van der Waals surface area contributed by atoms with Gasteiger partial charge in [0.1, 0.15) is 0 Å². The molecule has 1 aromatic carbocycles. The van der Waals surface area contributed by atoms with Gasteiger partial charge in [0.15, 0.2) is 0 Å². The molecular formula is C16H21F3N2O4S. The number of carboxylic acids is 1. The monoisotopic (exact) mass is 394 g/mol. The lowest BCUT2D eigenvalue weighted by atomic mass is 10.1. The third kappa shape index (κ3) is 5.18. The fourth-order valence-electron chi connectivity index (χ4n) is 3.01. The van der Waals surface area contributed by atoms with Crippen LogP contribution in [-0.2, 0) is 10.0 Å². The van der Waals surface area contributed by atoms with Gasteiger partial charge in [-0.25, -0.2) is 17.9 Å². The number of hydrogen-bond donors (Lipinski definition) is 2. The number of nitrogens with one attached hydrogen (secondary N) is 1. The molecule has 0 spiro atoms. The van der Waals surface area contributed by atoms with Gasteiger partial charge in [-0.1, -0.05) is 0 Å². The molecular weight excluding hydrogens is 373 g/mol. The molecule has 1 unspecified atom stereocenters. The lowest BCUT2D eigenvalue weighted by Gasteiger charge is -2.18. The average molecular weight is 394 g/mol. The first-order valence-corrected chi connectivity index (χ1v) is 9.50. The Morgan fingerprint density at radius 1 is 1.35 bits per heavy atom. The summed E-state index contributed by atoms with van der Waals surface area (Å²) in [6.45, 7) is 2.62. The molecule has 1 aliphatic rings. The lowest BCUT2D eigenvalue weighted by molar-refractivity contribution is -0.143. The van der Waals surface area contributed by atoms with Gasteiger partial charge in [-0.2, -0.15) is 13.2 Å². The molecule has 0 aliphatic carbocycles. The maximum Gasteiger partial charge on any atom is 0.401 e. The average Bonchev–Trinajstić information content (AvgIpc) is 2.93. The molecule has 1 fully saturated rings. The zero-order valence-electron chi connectivity index (χ0n) is 14.4. The molecule has 1 heterocycles. The highest BCUT2D eigenvalue weighted by atomic mass is 32.2. The molecule has 6 nitrogen and oxygen atoms in total. The van der Waals surface area contributed by atoms with E-state index in [4.69, 9.17) is 5.11 Å². The van der Waals surface area contributed by atoms with Gasteiger partial charge in [0.2, 0.25) is 10.0 Å². The Morgan fingerprint density at radius 2 is 2.00 bits per heavy atom. The van der Waals surface area contributed by atoms with Gasteiger partial charge in [-0.3, -0.25) is 4.90 Å². The highest BCUT2D eigenvalue weighted by Gasteiger charge is 2.34. The van der Waals surface area contributed by atoms with E-state index in [1.165, 1.54) is 11.0 Å². The Kier molecular flexibility index (Phi) is 5.99. The Labute approximate surface area is 150 Å². The van der Waals surface area contributed by atoms with E-state index in [0.717, 1.165) is 6.07 Å². The fraction of sp³-hybridized carbons (Fsp3) is 0.562. The van der Waals surface area contributed by atoms with Crippen molar-refractivity contribution >= 4 is 16.0 Å². The van der Waals surface area contributed by atoms with E-state index in [0.29, 0.717) is 17.5 Å². The van der Waals surface area contributed by atoms with Gasteiger partial charge in [0.05, 0.1) is 17.0 Å². The molecule has 0 radical (unpaired) electrons. The topological polar surface area (TPSA) is 86.7 Å². The van der Waals surface area contributed by atoms with Crippen molar-refractivity contribution in [3.8, 4) is 0 Å². The normalized spacial score (nSPS) is 19.0. The second kappa shape index (κ2) is 7.53. The SMILES string of the molecule is Cc1cc(C(=O)O)cc(S(=O)(=O)NCC2CCN(CC(F)(F)F)C2)c1C. The molecule has 1 atom stereocenters. The zero-order valence-corrected chi connectivity index (χ0v) is 15.2. The number of nitrogens with zero attached hydrogens (tertiary/aromatic N) is 1. The predicted octanol–water partition coefficient (Wildman–Crippen LogP) is 2.16. The third-order valence-electron chi connectivity index (χ3n) is 4.49. The Bertz CT molecular complexity index is 793. The van der Waals surface area contributed by atoms with E-state index in [9.17, 15) is 26.4 Å². The van der Waals surface area contributed by atoms with Crippen molar-refractivity contribution in [3.05, 3.63) is 28.8 Å². The number of rotatable bonds is 6.